The van der Waals surface area contributed by atoms with Gasteiger partial charge in [-0.2, -0.15) is 0 Å². The van der Waals surface area contributed by atoms with Crippen molar-refractivity contribution in [3.63, 3.8) is 0 Å². The molecule has 4 N–H and O–H groups in total. The van der Waals surface area contributed by atoms with Crippen molar-refractivity contribution < 1.29 is 82.3 Å². The smallest absolute Gasteiger partial charge is 0.331 e. The van der Waals surface area contributed by atoms with E-state index in [4.69, 9.17) is 37.9 Å². The van der Waals surface area contributed by atoms with Gasteiger partial charge in [-0.1, -0.05) is 77.0 Å². The van der Waals surface area contributed by atoms with Gasteiger partial charge in [0.2, 0.25) is 5.79 Å². The number of rotatable bonds is 9. The van der Waals surface area contributed by atoms with Gasteiger partial charge in [-0.15, -0.1) is 0 Å². The molecule has 358 valence electrons. The van der Waals surface area contributed by atoms with E-state index in [1.54, 1.807) is 45.9 Å². The maximum atomic E-state index is 13.4. The molecule has 64 heavy (non-hydrogen) atoms. The molecule has 3 saturated heterocycles. The summed E-state index contributed by atoms with van der Waals surface area (Å²) in [6.07, 6.45) is 2.55. The topological polar surface area (TPSA) is 240 Å². The molecule has 0 aromatic carbocycles. The standard InChI is InChI=1S/C47H68O17/c1-10-11-12-13-14-15-39(51)62-43-31(22-41(53)58-9)21-34-25-37(28(2)48)61-42(54)24-32(50)23-35-26-38(59-29(3)49)45(6,7)46(55,63-35)27-36-19-30(20-40(52)57-8)18-33(60-36)16-17-44(4,5)47(43,56)64-34/h12-17,20,22,28,32-38,43,48,50,55-56H,10-11,18-19,21,23-27H2,1-9H3/b13-12+,15-14+,17-16+,30-20?,31-22?/t28-,32-,33+,34+,35?,36?,37?,38?,43+,46+,47-/m1/s1. The van der Waals surface area contributed by atoms with Crippen LogP contribution in [0.3, 0.4) is 0 Å². The highest BCUT2D eigenvalue weighted by atomic mass is 16.7. The number of cyclic esters (lactones) is 1. The Bertz CT molecular complexity index is 1830. The first-order chi connectivity index (χ1) is 29.9. The third-order valence-electron chi connectivity index (χ3n) is 12.4. The number of esters is 5. The predicted octanol–water partition coefficient (Wildman–Crippen LogP) is 4.28. The number of methoxy groups -OCH3 is 2. The second-order valence-corrected chi connectivity index (χ2v) is 18.3. The van der Waals surface area contributed by atoms with Crippen LogP contribution in [0.4, 0.5) is 0 Å². The van der Waals surface area contributed by atoms with Crippen molar-refractivity contribution in [2.75, 3.05) is 14.2 Å². The van der Waals surface area contributed by atoms with Crippen molar-refractivity contribution in [1.82, 2.24) is 0 Å². The second-order valence-electron chi connectivity index (χ2n) is 18.3. The normalized spacial score (nSPS) is 35.8. The number of fused-ring (bicyclic) bond motifs is 6. The molecule has 4 rings (SSSR count). The maximum Gasteiger partial charge on any atom is 0.331 e. The van der Waals surface area contributed by atoms with Crippen molar-refractivity contribution in [2.24, 2.45) is 10.8 Å². The Morgan fingerprint density at radius 1 is 0.875 bits per heavy atom. The Balaban J connectivity index is 1.89. The largest absolute Gasteiger partial charge is 0.466 e. The minimum Gasteiger partial charge on any atom is -0.466 e. The lowest BCUT2D eigenvalue weighted by molar-refractivity contribution is -0.348. The van der Waals surface area contributed by atoms with Crippen LogP contribution >= 0.6 is 0 Å². The fourth-order valence-corrected chi connectivity index (χ4v) is 8.57. The first kappa shape index (κ1) is 52.4. The molecule has 4 unspecified atom stereocenters. The van der Waals surface area contributed by atoms with Crippen molar-refractivity contribution in [2.45, 2.75) is 179 Å². The second kappa shape index (κ2) is 22.3. The van der Waals surface area contributed by atoms with Gasteiger partial charge in [-0.05, 0) is 38.2 Å². The number of carbonyl (C=O) groups excluding carboxylic acids is 5. The Morgan fingerprint density at radius 3 is 2.20 bits per heavy atom. The van der Waals surface area contributed by atoms with Crippen LogP contribution in [0.1, 0.15) is 113 Å². The average Bonchev–Trinajstić information content (AvgIpc) is 3.19. The van der Waals surface area contributed by atoms with E-state index in [2.05, 4.69) is 0 Å². The Kier molecular flexibility index (Phi) is 18.3. The maximum absolute atomic E-state index is 13.4. The summed E-state index contributed by atoms with van der Waals surface area (Å²) in [5, 5.41) is 47.5. The zero-order valence-electron chi connectivity index (χ0n) is 38.5. The van der Waals surface area contributed by atoms with Gasteiger partial charge in [0, 0.05) is 56.3 Å². The van der Waals surface area contributed by atoms with Crippen molar-refractivity contribution in [3.8, 4) is 0 Å². The van der Waals surface area contributed by atoms with Crippen LogP contribution in [0.5, 0.6) is 0 Å². The summed E-state index contributed by atoms with van der Waals surface area (Å²) in [7, 11) is 2.40. The summed E-state index contributed by atoms with van der Waals surface area (Å²) in [6, 6.07) is 0. The SMILES string of the molecule is CCC/C=C/C=C/C(=O)O[C@H]1C(=CC(=O)OC)C[C@H]2CC([C@@H](C)O)OC(=O)C[C@H](O)CC3CC(OC(C)=O)C(C)(C)[C@](O)(CC4CC(=CC(=O)OC)C[C@H](/C=C/C(C)(C)[C@]1(O)O2)O4)O3. The van der Waals surface area contributed by atoms with Crippen LogP contribution in [0.2, 0.25) is 0 Å². The molecule has 17 nitrogen and oxygen atoms in total. The highest BCUT2D eigenvalue weighted by Gasteiger charge is 2.59. The molecule has 11 atom stereocenters. The molecule has 4 aliphatic rings. The van der Waals surface area contributed by atoms with Crippen molar-refractivity contribution >= 4 is 29.8 Å². The van der Waals surface area contributed by atoms with Crippen LogP contribution < -0.4 is 0 Å². The van der Waals surface area contributed by atoms with E-state index in [1.165, 1.54) is 33.1 Å². The molecule has 0 aliphatic carbocycles. The number of hydrogen-bond donors (Lipinski definition) is 4. The summed E-state index contributed by atoms with van der Waals surface area (Å²) in [5.41, 5.74) is -2.06. The molecular formula is C47H68O17. The predicted molar refractivity (Wildman–Crippen MR) is 228 cm³/mol. The molecular weight excluding hydrogens is 836 g/mol. The quantitative estimate of drug-likeness (QED) is 0.0830. The molecule has 6 bridgehead atoms. The first-order valence-electron chi connectivity index (χ1n) is 21.9. The number of hydrogen-bond acceptors (Lipinski definition) is 17. The van der Waals surface area contributed by atoms with E-state index in [1.807, 2.05) is 13.0 Å². The molecule has 3 fully saturated rings. The van der Waals surface area contributed by atoms with E-state index in [9.17, 15) is 44.4 Å². The van der Waals surface area contributed by atoms with E-state index < -0.39 is 114 Å². The molecule has 0 spiro atoms. The Hall–Kier alpha value is -4.23. The lowest BCUT2D eigenvalue weighted by Gasteiger charge is -2.53. The van der Waals surface area contributed by atoms with Crippen LogP contribution in [0, 0.1) is 10.8 Å². The third kappa shape index (κ3) is 13.4. The summed E-state index contributed by atoms with van der Waals surface area (Å²) < 4.78 is 46.7. The first-order valence-corrected chi connectivity index (χ1v) is 21.9. The van der Waals surface area contributed by atoms with Crippen LogP contribution in [0.15, 0.2) is 59.8 Å². The molecule has 0 saturated carbocycles. The van der Waals surface area contributed by atoms with Gasteiger partial charge in [0.1, 0.15) is 12.2 Å². The lowest BCUT2D eigenvalue weighted by Crippen LogP contribution is -2.62. The molecule has 0 radical (unpaired) electrons. The van der Waals surface area contributed by atoms with Crippen LogP contribution in [-0.2, 0) is 61.9 Å². The monoisotopic (exact) mass is 904 g/mol. The van der Waals surface area contributed by atoms with Crippen LogP contribution in [-0.4, -0.2) is 131 Å². The fraction of sp³-hybridized carbons (Fsp3) is 0.681. The summed E-state index contributed by atoms with van der Waals surface area (Å²) in [5.74, 6) is -8.31. The highest BCUT2D eigenvalue weighted by Crippen LogP contribution is 2.50. The van der Waals surface area contributed by atoms with Crippen molar-refractivity contribution in [1.29, 1.82) is 0 Å². The number of aliphatic hydroxyl groups excluding tert-OH is 2. The lowest BCUT2D eigenvalue weighted by atomic mass is 9.70. The van der Waals surface area contributed by atoms with Gasteiger partial charge in [-0.25, -0.2) is 14.4 Å². The van der Waals surface area contributed by atoms with E-state index in [0.29, 0.717) is 5.57 Å². The molecule has 4 aliphatic heterocycles. The molecule has 0 aromatic heterocycles. The average molecular weight is 905 g/mol. The van der Waals surface area contributed by atoms with Gasteiger partial charge >= 0.3 is 29.8 Å². The molecule has 4 heterocycles. The molecule has 0 amide bonds. The fourth-order valence-electron chi connectivity index (χ4n) is 8.57. The summed E-state index contributed by atoms with van der Waals surface area (Å²) >= 11 is 0. The van der Waals surface area contributed by atoms with Gasteiger partial charge in [0.05, 0.1) is 62.7 Å². The Morgan fingerprint density at radius 2 is 1.56 bits per heavy atom. The van der Waals surface area contributed by atoms with E-state index in [-0.39, 0.29) is 50.5 Å². The summed E-state index contributed by atoms with van der Waals surface area (Å²) in [6.45, 7) is 11.2. The zero-order chi connectivity index (χ0) is 47.6. The minimum atomic E-state index is -2.47. The van der Waals surface area contributed by atoms with E-state index in [0.717, 1.165) is 32.1 Å². The van der Waals surface area contributed by atoms with Gasteiger partial charge in [0.25, 0.3) is 0 Å². The minimum absolute atomic E-state index is 0.0721. The summed E-state index contributed by atoms with van der Waals surface area (Å²) in [4.78, 5) is 64.7. The van der Waals surface area contributed by atoms with Gasteiger partial charge < -0.3 is 58.3 Å². The highest BCUT2D eigenvalue weighted by molar-refractivity contribution is 5.85. The Labute approximate surface area is 375 Å². The number of allylic oxidation sites excluding steroid dienone is 3. The number of ether oxygens (including phenoxy) is 8. The van der Waals surface area contributed by atoms with Crippen LogP contribution in [0.25, 0.3) is 0 Å². The van der Waals surface area contributed by atoms with Gasteiger partial charge in [-0.3, -0.25) is 9.59 Å². The van der Waals surface area contributed by atoms with Crippen molar-refractivity contribution in [3.05, 3.63) is 59.8 Å². The van der Waals surface area contributed by atoms with E-state index >= 15 is 0 Å². The number of carbonyl (C=O) groups is 5. The molecule has 0 aromatic rings. The third-order valence-corrected chi connectivity index (χ3v) is 12.4. The number of aliphatic hydroxyl groups is 4. The number of unbranched alkanes of at least 4 members (excludes halogenated alkanes) is 1. The van der Waals surface area contributed by atoms with Gasteiger partial charge in [0.15, 0.2) is 11.9 Å². The zero-order valence-corrected chi connectivity index (χ0v) is 38.5. The molecule has 17 heteroatoms.